The van der Waals surface area contributed by atoms with Crippen molar-refractivity contribution in [3.05, 3.63) is 33.4 Å². The summed E-state index contributed by atoms with van der Waals surface area (Å²) in [5.74, 6) is -13.5. The molecule has 6 N–H and O–H groups in total. The first-order valence-corrected chi connectivity index (χ1v) is 5.57. The Morgan fingerprint density at radius 3 is 0.462 bits per heavy atom. The first-order chi connectivity index (χ1) is 10.9. The normalized spacial score (nSPS) is 9.23. The second-order valence-corrected chi connectivity index (χ2v) is 4.08. The molecule has 12 nitrogen and oxygen atoms in total. The third-order valence-electron chi connectivity index (χ3n) is 2.78. The van der Waals surface area contributed by atoms with E-state index in [2.05, 4.69) is 0 Å². The van der Waals surface area contributed by atoms with Crippen molar-refractivity contribution in [3.63, 3.8) is 0 Å². The number of carbonyl (C=O) groups is 6. The topological polar surface area (TPSA) is 224 Å². The summed E-state index contributed by atoms with van der Waals surface area (Å²) in [5.41, 5.74) is -9.95. The predicted molar refractivity (Wildman–Crippen MR) is 68.2 cm³/mol. The molecule has 0 amide bonds. The van der Waals surface area contributed by atoms with Crippen LogP contribution in [0.2, 0.25) is 0 Å². The van der Waals surface area contributed by atoms with Crippen LogP contribution in [0.3, 0.4) is 0 Å². The molecule has 0 radical (unpaired) electrons. The number of benzene rings is 1. The molecule has 0 atom stereocenters. The van der Waals surface area contributed by atoms with Gasteiger partial charge in [-0.2, -0.15) is 0 Å². The van der Waals surface area contributed by atoms with E-state index in [4.69, 9.17) is 30.6 Å². The number of aromatic carboxylic acids is 6. The minimum atomic E-state index is -2.26. The van der Waals surface area contributed by atoms with Crippen LogP contribution >= 0.6 is 0 Å². The first-order valence-electron chi connectivity index (χ1n) is 5.57. The van der Waals surface area contributed by atoms with Crippen molar-refractivity contribution in [3.8, 4) is 0 Å². The summed E-state index contributed by atoms with van der Waals surface area (Å²) in [4.78, 5) is 67.3. The van der Waals surface area contributed by atoms with Crippen molar-refractivity contribution < 1.29 is 136 Å². The summed E-state index contributed by atoms with van der Waals surface area (Å²) in [7, 11) is 0. The van der Waals surface area contributed by atoms with Crippen molar-refractivity contribution in [1.29, 1.82) is 0 Å². The zero-order chi connectivity index (χ0) is 18.9. The van der Waals surface area contributed by atoms with Crippen LogP contribution in [0.1, 0.15) is 62.1 Å². The first kappa shape index (κ1) is 26.8. The summed E-state index contributed by atoms with van der Waals surface area (Å²) in [6.45, 7) is 0. The third-order valence-corrected chi connectivity index (χ3v) is 2.78. The van der Waals surface area contributed by atoms with Gasteiger partial charge in [0.25, 0.3) is 0 Å². The predicted octanol–water partition coefficient (Wildman–Crippen LogP) is -0.124. The van der Waals surface area contributed by atoms with Gasteiger partial charge >= 0.3 is 35.8 Å². The SMILES string of the molecule is O=C(O)c1c(C(=O)O)c(C(=O)O)c(C(=O)O)c(C(=O)O)c1C(=O)O.[Dy].[Dy]. The third kappa shape index (κ3) is 4.85. The van der Waals surface area contributed by atoms with E-state index in [0.29, 0.717) is 0 Å². The van der Waals surface area contributed by atoms with Gasteiger partial charge in [0.1, 0.15) is 0 Å². The Balaban J connectivity index is 0. The summed E-state index contributed by atoms with van der Waals surface area (Å²) in [5, 5.41) is 54.2. The molecule has 0 heterocycles. The molecule has 1 aromatic rings. The Morgan fingerprint density at radius 2 is 0.423 bits per heavy atom. The molecule has 0 aliphatic carbocycles. The largest absolute Gasteiger partial charge is 0.478 e. The summed E-state index contributed by atoms with van der Waals surface area (Å²) in [6.07, 6.45) is 0. The molecular formula is C12H6Dy2O12. The van der Waals surface area contributed by atoms with E-state index in [0.717, 1.165) is 0 Å². The number of hydrogen-bond acceptors (Lipinski definition) is 6. The van der Waals surface area contributed by atoms with Crippen LogP contribution in [0.5, 0.6) is 0 Å². The smallest absolute Gasteiger partial charge is 0.337 e. The second kappa shape index (κ2) is 10.1. The molecule has 146 valence electrons. The maximum Gasteiger partial charge on any atom is 0.337 e. The monoisotopic (exact) mass is 670 g/mol. The van der Waals surface area contributed by atoms with E-state index in [1.165, 1.54) is 0 Å². The van der Waals surface area contributed by atoms with Crippen molar-refractivity contribution in [2.75, 3.05) is 0 Å². The van der Waals surface area contributed by atoms with E-state index in [1.807, 2.05) is 0 Å². The van der Waals surface area contributed by atoms with Crippen LogP contribution in [0.25, 0.3) is 0 Å². The van der Waals surface area contributed by atoms with Crippen LogP contribution in [-0.2, 0) is 0 Å². The van der Waals surface area contributed by atoms with Crippen molar-refractivity contribution in [2.45, 2.75) is 0 Å². The van der Waals surface area contributed by atoms with E-state index < -0.39 is 69.2 Å². The summed E-state index contributed by atoms with van der Waals surface area (Å²) >= 11 is 0. The van der Waals surface area contributed by atoms with Crippen molar-refractivity contribution >= 4 is 35.8 Å². The average molecular weight is 667 g/mol. The Morgan fingerprint density at radius 1 is 0.346 bits per heavy atom. The van der Waals surface area contributed by atoms with Gasteiger partial charge in [0.15, 0.2) is 0 Å². The number of hydrogen-bond donors (Lipinski definition) is 6. The van der Waals surface area contributed by atoms with E-state index >= 15 is 0 Å². The van der Waals surface area contributed by atoms with Gasteiger partial charge in [0, 0.05) is 76.3 Å². The molecule has 0 spiro atoms. The van der Waals surface area contributed by atoms with Crippen molar-refractivity contribution in [2.24, 2.45) is 0 Å². The quantitative estimate of drug-likeness (QED) is 0.234. The fourth-order valence-electron chi connectivity index (χ4n) is 2.03. The maximum absolute atomic E-state index is 11.2. The molecule has 0 aliphatic rings. The van der Waals surface area contributed by atoms with Crippen LogP contribution in [0.4, 0.5) is 0 Å². The molecule has 0 fully saturated rings. The van der Waals surface area contributed by atoms with Gasteiger partial charge in [-0.05, 0) is 0 Å². The average Bonchev–Trinajstić information content (AvgIpc) is 2.42. The molecule has 0 unspecified atom stereocenters. The molecule has 0 saturated carbocycles. The Hall–Kier alpha value is -1.41. The molecule has 0 bridgehead atoms. The van der Waals surface area contributed by atoms with Crippen LogP contribution < -0.4 is 0 Å². The van der Waals surface area contributed by atoms with E-state index in [9.17, 15) is 28.8 Å². The molecule has 0 aromatic heterocycles. The van der Waals surface area contributed by atoms with Gasteiger partial charge in [0.05, 0.1) is 33.4 Å². The van der Waals surface area contributed by atoms with Crippen LogP contribution in [0.15, 0.2) is 0 Å². The number of rotatable bonds is 6. The second-order valence-electron chi connectivity index (χ2n) is 4.08. The van der Waals surface area contributed by atoms with Gasteiger partial charge in [-0.25, -0.2) is 28.8 Å². The minimum absolute atomic E-state index is 0. The molecule has 0 saturated heterocycles. The molecule has 0 aliphatic heterocycles. The zero-order valence-electron chi connectivity index (χ0n) is 11.8. The molecule has 1 aromatic carbocycles. The molecule has 14 heteroatoms. The van der Waals surface area contributed by atoms with Crippen LogP contribution in [0, 0.1) is 76.3 Å². The Bertz CT molecular complexity index is 643. The van der Waals surface area contributed by atoms with Gasteiger partial charge < -0.3 is 30.6 Å². The van der Waals surface area contributed by atoms with Gasteiger partial charge in [0.2, 0.25) is 0 Å². The van der Waals surface area contributed by atoms with Gasteiger partial charge in [-0.15, -0.1) is 0 Å². The van der Waals surface area contributed by atoms with Gasteiger partial charge in [-0.1, -0.05) is 0 Å². The van der Waals surface area contributed by atoms with Crippen molar-refractivity contribution in [1.82, 2.24) is 0 Å². The zero-order valence-corrected chi connectivity index (χ0v) is 15.8. The molecular weight excluding hydrogens is 661 g/mol. The van der Waals surface area contributed by atoms with E-state index in [1.54, 1.807) is 0 Å². The maximum atomic E-state index is 11.2. The van der Waals surface area contributed by atoms with E-state index in [-0.39, 0.29) is 76.3 Å². The molecule has 26 heavy (non-hydrogen) atoms. The van der Waals surface area contributed by atoms with Gasteiger partial charge in [-0.3, -0.25) is 0 Å². The fourth-order valence-corrected chi connectivity index (χ4v) is 2.03. The summed E-state index contributed by atoms with van der Waals surface area (Å²) < 4.78 is 0. The Labute approximate surface area is 202 Å². The fraction of sp³-hybridized carbons (Fsp3) is 0. The number of carboxylic acids is 6. The van der Waals surface area contributed by atoms with Crippen LogP contribution in [-0.4, -0.2) is 66.5 Å². The Kier molecular flexibility index (Phi) is 10.4. The summed E-state index contributed by atoms with van der Waals surface area (Å²) in [6, 6.07) is 0. The standard InChI is InChI=1S/C12H6O12.2Dy/c13-7(14)1-2(8(15)16)4(10(19)20)6(12(23)24)5(11(21)22)3(1)9(17)18;;/h(H,13,14)(H,15,16)(H,17,18)(H,19,20)(H,21,22)(H,23,24);;. The minimum Gasteiger partial charge on any atom is -0.478 e. The number of carboxylic acid groups (broad SMARTS) is 6. The molecule has 1 rings (SSSR count).